The first kappa shape index (κ1) is 10.0. The van der Waals surface area contributed by atoms with Crippen LogP contribution in [0.3, 0.4) is 0 Å². The topological polar surface area (TPSA) is 13.1 Å². The van der Waals surface area contributed by atoms with Crippen LogP contribution in [0, 0.1) is 5.92 Å². The molecule has 0 radical (unpaired) electrons. The molecule has 1 nitrogen and oxygen atoms in total. The first-order valence-corrected chi connectivity index (χ1v) is 5.37. The second-order valence-electron chi connectivity index (χ2n) is 4.31. The van der Waals surface area contributed by atoms with Gasteiger partial charge in [0.25, 0.3) is 0 Å². The molecule has 2 aromatic rings. The second kappa shape index (κ2) is 4.35. The predicted octanol–water partition coefficient (Wildman–Crippen LogP) is 4.15. The molecule has 0 atom stereocenters. The molecule has 0 aliphatic heterocycles. The van der Waals surface area contributed by atoms with Gasteiger partial charge >= 0.3 is 0 Å². The van der Waals surface area contributed by atoms with Crippen LogP contribution in [0.4, 0.5) is 0 Å². The van der Waals surface area contributed by atoms with Gasteiger partial charge in [0, 0.05) is 5.56 Å². The average molecular weight is 200 g/mol. The van der Waals surface area contributed by atoms with Crippen molar-refractivity contribution in [2.24, 2.45) is 5.92 Å². The van der Waals surface area contributed by atoms with Crippen LogP contribution in [0.5, 0.6) is 0 Å². The summed E-state index contributed by atoms with van der Waals surface area (Å²) in [6, 6.07) is 10.7. The second-order valence-corrected chi connectivity index (χ2v) is 4.31. The molecule has 0 fully saturated rings. The van der Waals surface area contributed by atoms with E-state index in [1.165, 1.54) is 11.1 Å². The standard InChI is InChI=1S/C14H16O/c1-11(2)8-12-4-3-5-13(9-12)14-6-7-15-10-14/h3-7,9-11H,8H2,1-2H3. The summed E-state index contributed by atoms with van der Waals surface area (Å²) >= 11 is 0. The highest BCUT2D eigenvalue weighted by molar-refractivity contribution is 5.62. The van der Waals surface area contributed by atoms with Crippen LogP contribution in [-0.4, -0.2) is 0 Å². The third kappa shape index (κ3) is 2.50. The van der Waals surface area contributed by atoms with Crippen LogP contribution in [0.15, 0.2) is 47.3 Å². The molecule has 1 heteroatoms. The molecule has 1 aromatic carbocycles. The molecule has 0 amide bonds. The molecule has 1 aromatic heterocycles. The van der Waals surface area contributed by atoms with E-state index >= 15 is 0 Å². The van der Waals surface area contributed by atoms with E-state index in [4.69, 9.17) is 4.42 Å². The lowest BCUT2D eigenvalue weighted by molar-refractivity contribution is 0.568. The Bertz CT molecular complexity index is 413. The van der Waals surface area contributed by atoms with E-state index < -0.39 is 0 Å². The molecule has 15 heavy (non-hydrogen) atoms. The van der Waals surface area contributed by atoms with E-state index in [0.717, 1.165) is 12.0 Å². The molecular formula is C14H16O. The molecule has 0 saturated carbocycles. The quantitative estimate of drug-likeness (QED) is 0.725. The molecule has 78 valence electrons. The van der Waals surface area contributed by atoms with Crippen molar-refractivity contribution in [1.29, 1.82) is 0 Å². The molecule has 0 aliphatic rings. The van der Waals surface area contributed by atoms with Gasteiger partial charge in [-0.1, -0.05) is 38.1 Å². The van der Waals surface area contributed by atoms with Crippen molar-refractivity contribution in [2.75, 3.05) is 0 Å². The Morgan fingerprint density at radius 3 is 2.67 bits per heavy atom. The maximum atomic E-state index is 5.09. The Balaban J connectivity index is 2.27. The first-order chi connectivity index (χ1) is 7.25. The Hall–Kier alpha value is -1.50. The van der Waals surface area contributed by atoms with Gasteiger partial charge in [-0.2, -0.15) is 0 Å². The van der Waals surface area contributed by atoms with Gasteiger partial charge in [-0.3, -0.25) is 0 Å². The Morgan fingerprint density at radius 1 is 1.13 bits per heavy atom. The molecule has 0 aliphatic carbocycles. The molecule has 0 unspecified atom stereocenters. The minimum absolute atomic E-state index is 0.699. The zero-order valence-corrected chi connectivity index (χ0v) is 9.23. The van der Waals surface area contributed by atoms with Crippen LogP contribution in [-0.2, 0) is 6.42 Å². The Morgan fingerprint density at radius 2 is 2.00 bits per heavy atom. The monoisotopic (exact) mass is 200 g/mol. The summed E-state index contributed by atoms with van der Waals surface area (Å²) in [5.74, 6) is 0.699. The molecule has 0 spiro atoms. The molecule has 0 bridgehead atoms. The van der Waals surface area contributed by atoms with Crippen molar-refractivity contribution in [3.05, 3.63) is 48.4 Å². The lowest BCUT2D eigenvalue weighted by atomic mass is 9.99. The minimum atomic E-state index is 0.699. The summed E-state index contributed by atoms with van der Waals surface area (Å²) in [7, 11) is 0. The lowest BCUT2D eigenvalue weighted by Crippen LogP contribution is -1.93. The molecular weight excluding hydrogens is 184 g/mol. The fourth-order valence-electron chi connectivity index (χ4n) is 1.78. The maximum Gasteiger partial charge on any atom is 0.0980 e. The predicted molar refractivity (Wildman–Crippen MR) is 62.7 cm³/mol. The lowest BCUT2D eigenvalue weighted by Gasteiger charge is -2.06. The zero-order valence-electron chi connectivity index (χ0n) is 9.23. The van der Waals surface area contributed by atoms with Gasteiger partial charge in [0.15, 0.2) is 0 Å². The normalized spacial score (nSPS) is 10.9. The van der Waals surface area contributed by atoms with E-state index in [2.05, 4.69) is 38.1 Å². The van der Waals surface area contributed by atoms with Crippen molar-refractivity contribution in [3.8, 4) is 11.1 Å². The Kier molecular flexibility index (Phi) is 2.91. The van der Waals surface area contributed by atoms with Crippen molar-refractivity contribution in [3.63, 3.8) is 0 Å². The number of hydrogen-bond acceptors (Lipinski definition) is 1. The molecule has 0 saturated heterocycles. The third-order valence-electron chi connectivity index (χ3n) is 2.43. The van der Waals surface area contributed by atoms with Gasteiger partial charge in [-0.25, -0.2) is 0 Å². The highest BCUT2D eigenvalue weighted by Crippen LogP contribution is 2.21. The summed E-state index contributed by atoms with van der Waals surface area (Å²) in [6.07, 6.45) is 4.63. The van der Waals surface area contributed by atoms with E-state index in [-0.39, 0.29) is 0 Å². The molecule has 2 rings (SSSR count). The van der Waals surface area contributed by atoms with Crippen molar-refractivity contribution >= 4 is 0 Å². The van der Waals surface area contributed by atoms with Crippen LogP contribution >= 0.6 is 0 Å². The van der Waals surface area contributed by atoms with Crippen molar-refractivity contribution in [1.82, 2.24) is 0 Å². The molecule has 1 heterocycles. The van der Waals surface area contributed by atoms with Gasteiger partial charge in [-0.05, 0) is 29.5 Å². The number of hydrogen-bond donors (Lipinski definition) is 0. The van der Waals surface area contributed by atoms with Crippen LogP contribution in [0.25, 0.3) is 11.1 Å². The minimum Gasteiger partial charge on any atom is -0.472 e. The maximum absolute atomic E-state index is 5.09. The largest absolute Gasteiger partial charge is 0.472 e. The number of benzene rings is 1. The summed E-state index contributed by atoms with van der Waals surface area (Å²) < 4.78 is 5.09. The highest BCUT2D eigenvalue weighted by atomic mass is 16.3. The Labute approximate surface area is 90.7 Å². The van der Waals surface area contributed by atoms with Crippen molar-refractivity contribution in [2.45, 2.75) is 20.3 Å². The fraction of sp³-hybridized carbons (Fsp3) is 0.286. The van der Waals surface area contributed by atoms with Crippen LogP contribution in [0.1, 0.15) is 19.4 Å². The first-order valence-electron chi connectivity index (χ1n) is 5.37. The fourth-order valence-corrected chi connectivity index (χ4v) is 1.78. The summed E-state index contributed by atoms with van der Waals surface area (Å²) in [5, 5.41) is 0. The van der Waals surface area contributed by atoms with E-state index in [1.54, 1.807) is 12.5 Å². The summed E-state index contributed by atoms with van der Waals surface area (Å²) in [6.45, 7) is 4.48. The van der Waals surface area contributed by atoms with Crippen LogP contribution < -0.4 is 0 Å². The zero-order chi connectivity index (χ0) is 10.7. The average Bonchev–Trinajstić information content (AvgIpc) is 2.69. The highest BCUT2D eigenvalue weighted by Gasteiger charge is 2.01. The van der Waals surface area contributed by atoms with E-state index in [0.29, 0.717) is 5.92 Å². The third-order valence-corrected chi connectivity index (χ3v) is 2.43. The molecule has 0 N–H and O–H groups in total. The number of rotatable bonds is 3. The van der Waals surface area contributed by atoms with Gasteiger partial charge < -0.3 is 4.42 Å². The van der Waals surface area contributed by atoms with E-state index in [9.17, 15) is 0 Å². The van der Waals surface area contributed by atoms with Gasteiger partial charge in [0.1, 0.15) is 0 Å². The van der Waals surface area contributed by atoms with Gasteiger partial charge in [0.2, 0.25) is 0 Å². The smallest absolute Gasteiger partial charge is 0.0980 e. The van der Waals surface area contributed by atoms with Crippen molar-refractivity contribution < 1.29 is 4.42 Å². The van der Waals surface area contributed by atoms with Gasteiger partial charge in [0.05, 0.1) is 12.5 Å². The summed E-state index contributed by atoms with van der Waals surface area (Å²) in [4.78, 5) is 0. The van der Waals surface area contributed by atoms with E-state index in [1.807, 2.05) is 6.07 Å². The van der Waals surface area contributed by atoms with Gasteiger partial charge in [-0.15, -0.1) is 0 Å². The van der Waals surface area contributed by atoms with Crippen LogP contribution in [0.2, 0.25) is 0 Å². The summed E-state index contributed by atoms with van der Waals surface area (Å²) in [5.41, 5.74) is 3.78. The number of furan rings is 1. The SMILES string of the molecule is CC(C)Cc1cccc(-c2ccoc2)c1.